The Morgan fingerprint density at radius 3 is 2.47 bits per heavy atom. The molecule has 0 aliphatic heterocycles. The summed E-state index contributed by atoms with van der Waals surface area (Å²) in [5.74, 6) is 0.892. The third-order valence-corrected chi connectivity index (χ3v) is 5.00. The molecule has 3 rings (SSSR count). The van der Waals surface area contributed by atoms with Crippen LogP contribution < -0.4 is 10.6 Å². The molecule has 6 heteroatoms. The molecule has 0 bridgehead atoms. The normalized spacial score (nSPS) is 12.1. The van der Waals surface area contributed by atoms with E-state index in [0.29, 0.717) is 13.0 Å². The zero-order valence-corrected chi connectivity index (χ0v) is 17.9. The smallest absolute Gasteiger partial charge is 0.247 e. The Bertz CT molecular complexity index is 995. The molecule has 1 aromatic heterocycles. The fourth-order valence-electron chi connectivity index (χ4n) is 3.57. The lowest BCUT2D eigenvalue weighted by atomic mass is 10.0. The Kier molecular flexibility index (Phi) is 7.22. The zero-order chi connectivity index (χ0) is 21.5. The van der Waals surface area contributed by atoms with Gasteiger partial charge in [0.1, 0.15) is 11.9 Å². The summed E-state index contributed by atoms with van der Waals surface area (Å²) in [6, 6.07) is 16.7. The molecular formula is C24H30N4O2. The van der Waals surface area contributed by atoms with Crippen molar-refractivity contribution in [1.82, 2.24) is 20.2 Å². The second kappa shape index (κ2) is 10.1. The summed E-state index contributed by atoms with van der Waals surface area (Å²) in [7, 11) is 0. The number of aromatic nitrogens is 2. The molecule has 0 spiro atoms. The van der Waals surface area contributed by atoms with E-state index in [0.717, 1.165) is 35.4 Å². The highest BCUT2D eigenvalue weighted by Gasteiger charge is 2.22. The van der Waals surface area contributed by atoms with Gasteiger partial charge in [-0.05, 0) is 37.0 Å². The van der Waals surface area contributed by atoms with Crippen molar-refractivity contribution < 1.29 is 9.59 Å². The summed E-state index contributed by atoms with van der Waals surface area (Å²) in [5.41, 5.74) is 2.86. The molecule has 0 fully saturated rings. The number of amides is 2. The molecule has 1 atom stereocenters. The highest BCUT2D eigenvalue weighted by Crippen LogP contribution is 2.16. The van der Waals surface area contributed by atoms with Crippen molar-refractivity contribution in [1.29, 1.82) is 0 Å². The van der Waals surface area contributed by atoms with Gasteiger partial charge in [0.2, 0.25) is 11.8 Å². The maximum absolute atomic E-state index is 12.9. The number of nitrogens with one attached hydrogen (secondary N) is 2. The van der Waals surface area contributed by atoms with Crippen LogP contribution in [-0.2, 0) is 16.1 Å². The summed E-state index contributed by atoms with van der Waals surface area (Å²) in [6.45, 7) is 7.25. The van der Waals surface area contributed by atoms with Gasteiger partial charge in [0, 0.05) is 19.5 Å². The molecule has 2 aromatic carbocycles. The number of hydrogen-bond donors (Lipinski definition) is 2. The maximum Gasteiger partial charge on any atom is 0.247 e. The van der Waals surface area contributed by atoms with Crippen molar-refractivity contribution >= 4 is 22.8 Å². The van der Waals surface area contributed by atoms with Gasteiger partial charge in [-0.1, -0.05) is 56.3 Å². The third kappa shape index (κ3) is 5.47. The minimum atomic E-state index is -0.687. The number of nitrogens with zero attached hydrogens (tertiary/aromatic N) is 2. The molecule has 1 unspecified atom stereocenters. The van der Waals surface area contributed by atoms with Gasteiger partial charge < -0.3 is 15.2 Å². The maximum atomic E-state index is 12.9. The largest absolute Gasteiger partial charge is 0.354 e. The lowest BCUT2D eigenvalue weighted by Crippen LogP contribution is -2.41. The van der Waals surface area contributed by atoms with Crippen LogP contribution in [0.1, 0.15) is 44.1 Å². The molecule has 158 valence electrons. The lowest BCUT2D eigenvalue weighted by molar-refractivity contribution is -0.129. The first-order chi connectivity index (χ1) is 14.5. The van der Waals surface area contributed by atoms with E-state index in [-0.39, 0.29) is 17.7 Å². The Labute approximate surface area is 177 Å². The van der Waals surface area contributed by atoms with E-state index in [1.165, 1.54) is 0 Å². The van der Waals surface area contributed by atoms with E-state index >= 15 is 0 Å². The fraction of sp³-hybridized carbons (Fsp3) is 0.375. The Morgan fingerprint density at radius 2 is 1.73 bits per heavy atom. The number of hydrogen-bond acceptors (Lipinski definition) is 3. The zero-order valence-electron chi connectivity index (χ0n) is 17.9. The number of benzene rings is 2. The summed E-state index contributed by atoms with van der Waals surface area (Å²) >= 11 is 0. The van der Waals surface area contributed by atoms with E-state index in [4.69, 9.17) is 0 Å². The molecule has 30 heavy (non-hydrogen) atoms. The van der Waals surface area contributed by atoms with Crippen LogP contribution in [0.5, 0.6) is 0 Å². The molecule has 0 aliphatic carbocycles. The van der Waals surface area contributed by atoms with Crippen LogP contribution >= 0.6 is 0 Å². The molecule has 2 N–H and O–H groups in total. The first-order valence-corrected chi connectivity index (χ1v) is 10.5. The number of fused-ring (bicyclic) bond motifs is 1. The van der Waals surface area contributed by atoms with Crippen molar-refractivity contribution in [2.45, 2.75) is 46.2 Å². The van der Waals surface area contributed by atoms with Crippen molar-refractivity contribution in [3.63, 3.8) is 0 Å². The van der Waals surface area contributed by atoms with Crippen LogP contribution in [0.3, 0.4) is 0 Å². The number of para-hydroxylation sites is 2. The van der Waals surface area contributed by atoms with Gasteiger partial charge >= 0.3 is 0 Å². The molecule has 3 aromatic rings. The summed E-state index contributed by atoms with van der Waals surface area (Å²) in [5, 5.41) is 5.87. The van der Waals surface area contributed by atoms with Gasteiger partial charge in [0.15, 0.2) is 0 Å². The molecule has 0 saturated heterocycles. The van der Waals surface area contributed by atoms with Gasteiger partial charge in [0.25, 0.3) is 0 Å². The van der Waals surface area contributed by atoms with Crippen LogP contribution in [0.2, 0.25) is 0 Å². The van der Waals surface area contributed by atoms with Gasteiger partial charge in [-0.2, -0.15) is 0 Å². The van der Waals surface area contributed by atoms with E-state index in [1.54, 1.807) is 0 Å². The SMILES string of the molecule is Cc1nc2ccccc2n1CCCNC(=O)C(NC(=O)CC(C)C)c1ccccc1. The van der Waals surface area contributed by atoms with E-state index in [1.807, 2.05) is 69.3 Å². The van der Waals surface area contributed by atoms with E-state index < -0.39 is 6.04 Å². The van der Waals surface area contributed by atoms with Crippen LogP contribution in [0.4, 0.5) is 0 Å². The number of aryl methyl sites for hydroxylation is 2. The Morgan fingerprint density at radius 1 is 1.03 bits per heavy atom. The molecule has 0 saturated carbocycles. The van der Waals surface area contributed by atoms with Gasteiger partial charge in [-0.3, -0.25) is 9.59 Å². The predicted molar refractivity (Wildman–Crippen MR) is 119 cm³/mol. The second-order valence-electron chi connectivity index (χ2n) is 7.95. The number of imidazole rings is 1. The number of rotatable bonds is 9. The van der Waals surface area contributed by atoms with Crippen molar-refractivity contribution in [3.05, 3.63) is 66.0 Å². The lowest BCUT2D eigenvalue weighted by Gasteiger charge is -2.19. The van der Waals surface area contributed by atoms with E-state index in [2.05, 4.69) is 26.3 Å². The molecular weight excluding hydrogens is 376 g/mol. The molecule has 6 nitrogen and oxygen atoms in total. The van der Waals surface area contributed by atoms with Crippen molar-refractivity contribution in [3.8, 4) is 0 Å². The Balaban J connectivity index is 1.60. The quantitative estimate of drug-likeness (QED) is 0.531. The monoisotopic (exact) mass is 406 g/mol. The van der Waals surface area contributed by atoms with Crippen LogP contribution in [-0.4, -0.2) is 27.9 Å². The second-order valence-corrected chi connectivity index (χ2v) is 7.95. The molecule has 0 aliphatic rings. The third-order valence-electron chi connectivity index (χ3n) is 5.00. The summed E-state index contributed by atoms with van der Waals surface area (Å²) in [4.78, 5) is 29.7. The fourth-order valence-corrected chi connectivity index (χ4v) is 3.57. The number of carbonyl (C=O) groups excluding carboxylic acids is 2. The van der Waals surface area contributed by atoms with E-state index in [9.17, 15) is 9.59 Å². The predicted octanol–water partition coefficient (Wildman–Crippen LogP) is 3.75. The first-order valence-electron chi connectivity index (χ1n) is 10.5. The summed E-state index contributed by atoms with van der Waals surface area (Å²) in [6.07, 6.45) is 1.16. The Hall–Kier alpha value is -3.15. The van der Waals surface area contributed by atoms with Gasteiger partial charge in [-0.25, -0.2) is 4.98 Å². The highest BCUT2D eigenvalue weighted by atomic mass is 16.2. The van der Waals surface area contributed by atoms with Crippen LogP contribution in [0, 0.1) is 12.8 Å². The first kappa shape index (κ1) is 21.6. The van der Waals surface area contributed by atoms with Crippen molar-refractivity contribution in [2.24, 2.45) is 5.92 Å². The molecule has 0 radical (unpaired) electrons. The van der Waals surface area contributed by atoms with Crippen LogP contribution in [0.15, 0.2) is 54.6 Å². The number of carbonyl (C=O) groups is 2. The minimum absolute atomic E-state index is 0.116. The molecule has 1 heterocycles. The van der Waals surface area contributed by atoms with Gasteiger partial charge in [0.05, 0.1) is 11.0 Å². The van der Waals surface area contributed by atoms with Gasteiger partial charge in [-0.15, -0.1) is 0 Å². The minimum Gasteiger partial charge on any atom is -0.354 e. The summed E-state index contributed by atoms with van der Waals surface area (Å²) < 4.78 is 2.17. The van der Waals surface area contributed by atoms with Crippen molar-refractivity contribution in [2.75, 3.05) is 6.54 Å². The topological polar surface area (TPSA) is 76.0 Å². The standard InChI is InChI=1S/C24H30N4O2/c1-17(2)16-22(29)27-23(19-10-5-4-6-11-19)24(30)25-14-9-15-28-18(3)26-20-12-7-8-13-21(20)28/h4-8,10-13,17,23H,9,14-16H2,1-3H3,(H,25,30)(H,27,29). The molecule has 2 amide bonds. The van der Waals surface area contributed by atoms with Crippen LogP contribution in [0.25, 0.3) is 11.0 Å². The average Bonchev–Trinajstić information content (AvgIpc) is 3.04. The highest BCUT2D eigenvalue weighted by molar-refractivity contribution is 5.88. The average molecular weight is 407 g/mol.